The zero-order valence-corrected chi connectivity index (χ0v) is 13.3. The van der Waals surface area contributed by atoms with Gasteiger partial charge in [0.2, 0.25) is 10.0 Å². The van der Waals surface area contributed by atoms with Gasteiger partial charge < -0.3 is 9.47 Å². The maximum atomic E-state index is 11.9. The Hall–Kier alpha value is -2.19. The number of nitrogens with one attached hydrogen (secondary N) is 1. The monoisotopic (exact) mass is 327 g/mol. The summed E-state index contributed by atoms with van der Waals surface area (Å²) < 4.78 is 35.7. The fourth-order valence-corrected chi connectivity index (χ4v) is 2.43. The number of carbonyl (C=O) groups excluding carboxylic acids is 2. The van der Waals surface area contributed by atoms with Crippen molar-refractivity contribution in [2.45, 2.75) is 11.8 Å². The largest absolute Gasteiger partial charge is 0.495 e. The Bertz CT molecular complexity index is 693. The summed E-state index contributed by atoms with van der Waals surface area (Å²) in [6.07, 6.45) is 2.50. The van der Waals surface area contributed by atoms with Gasteiger partial charge in [-0.3, -0.25) is 4.79 Å². The van der Waals surface area contributed by atoms with Crippen LogP contribution in [0.5, 0.6) is 5.75 Å². The van der Waals surface area contributed by atoms with Crippen LogP contribution in [0.25, 0.3) is 6.08 Å². The Morgan fingerprint density at radius 1 is 1.32 bits per heavy atom. The fourth-order valence-electron chi connectivity index (χ4n) is 1.50. The SMILES string of the molecule is CNS(=O)(=O)c1cc(/C=C/C(=O)OCC(C)=O)ccc1OC. The molecular formula is C14H17NO6S. The Balaban J connectivity index is 3.01. The van der Waals surface area contributed by atoms with E-state index in [4.69, 9.17) is 4.74 Å². The van der Waals surface area contributed by atoms with Crippen LogP contribution < -0.4 is 9.46 Å². The summed E-state index contributed by atoms with van der Waals surface area (Å²) in [4.78, 5) is 22.0. The van der Waals surface area contributed by atoms with Crippen LogP contribution in [0.1, 0.15) is 12.5 Å². The van der Waals surface area contributed by atoms with E-state index in [0.717, 1.165) is 6.08 Å². The molecule has 120 valence electrons. The third-order valence-corrected chi connectivity index (χ3v) is 4.01. The van der Waals surface area contributed by atoms with E-state index in [1.165, 1.54) is 39.3 Å². The number of carbonyl (C=O) groups is 2. The van der Waals surface area contributed by atoms with Gasteiger partial charge in [0.05, 0.1) is 7.11 Å². The zero-order chi connectivity index (χ0) is 16.8. The van der Waals surface area contributed by atoms with Crippen LogP contribution >= 0.6 is 0 Å². The van der Waals surface area contributed by atoms with Crippen LogP contribution in [-0.4, -0.2) is 40.9 Å². The van der Waals surface area contributed by atoms with E-state index in [2.05, 4.69) is 9.46 Å². The molecule has 0 unspecified atom stereocenters. The van der Waals surface area contributed by atoms with Crippen LogP contribution in [0, 0.1) is 0 Å². The smallest absolute Gasteiger partial charge is 0.331 e. The van der Waals surface area contributed by atoms with Crippen molar-refractivity contribution in [1.82, 2.24) is 4.72 Å². The van der Waals surface area contributed by atoms with Gasteiger partial charge in [-0.1, -0.05) is 6.07 Å². The lowest BCUT2D eigenvalue weighted by atomic mass is 10.2. The van der Waals surface area contributed by atoms with Gasteiger partial charge in [-0.15, -0.1) is 0 Å². The predicted molar refractivity (Wildman–Crippen MR) is 79.9 cm³/mol. The van der Waals surface area contributed by atoms with E-state index in [1.54, 1.807) is 6.07 Å². The maximum absolute atomic E-state index is 11.9. The molecule has 0 fully saturated rings. The van der Waals surface area contributed by atoms with Crippen LogP contribution in [0.2, 0.25) is 0 Å². The van der Waals surface area contributed by atoms with E-state index < -0.39 is 16.0 Å². The number of hydrogen-bond donors (Lipinski definition) is 1. The van der Waals surface area contributed by atoms with E-state index in [0.29, 0.717) is 5.56 Å². The number of ether oxygens (including phenoxy) is 2. The highest BCUT2D eigenvalue weighted by Crippen LogP contribution is 2.25. The van der Waals surface area contributed by atoms with Crippen molar-refractivity contribution in [1.29, 1.82) is 0 Å². The molecule has 0 bridgehead atoms. The lowest BCUT2D eigenvalue weighted by Crippen LogP contribution is -2.19. The number of Topliss-reactive ketones (excluding diaryl/α,β-unsaturated/α-hetero) is 1. The average molecular weight is 327 g/mol. The summed E-state index contributed by atoms with van der Waals surface area (Å²) in [7, 11) is -1.05. The van der Waals surface area contributed by atoms with Crippen molar-refractivity contribution in [3.63, 3.8) is 0 Å². The lowest BCUT2D eigenvalue weighted by Gasteiger charge is -2.09. The normalized spacial score (nSPS) is 11.4. The van der Waals surface area contributed by atoms with Crippen molar-refractivity contribution in [3.8, 4) is 5.75 Å². The highest BCUT2D eigenvalue weighted by atomic mass is 32.2. The van der Waals surface area contributed by atoms with Crippen molar-refractivity contribution < 1.29 is 27.5 Å². The molecule has 1 aromatic carbocycles. The number of ketones is 1. The minimum Gasteiger partial charge on any atom is -0.495 e. The number of methoxy groups -OCH3 is 1. The highest BCUT2D eigenvalue weighted by Gasteiger charge is 2.17. The molecule has 22 heavy (non-hydrogen) atoms. The minimum absolute atomic E-state index is 0.0447. The van der Waals surface area contributed by atoms with Crippen molar-refractivity contribution in [2.75, 3.05) is 20.8 Å². The van der Waals surface area contributed by atoms with Gasteiger partial charge in [0.1, 0.15) is 17.3 Å². The van der Waals surface area contributed by atoms with Gasteiger partial charge in [-0.25, -0.2) is 17.9 Å². The molecule has 0 aromatic heterocycles. The fraction of sp³-hybridized carbons (Fsp3) is 0.286. The topological polar surface area (TPSA) is 98.8 Å². The molecule has 0 aliphatic heterocycles. The average Bonchev–Trinajstić information content (AvgIpc) is 2.50. The third kappa shape index (κ3) is 4.97. The van der Waals surface area contributed by atoms with E-state index >= 15 is 0 Å². The van der Waals surface area contributed by atoms with Gasteiger partial charge in [0.15, 0.2) is 5.78 Å². The van der Waals surface area contributed by atoms with E-state index in [1.807, 2.05) is 0 Å². The molecule has 1 N–H and O–H groups in total. The van der Waals surface area contributed by atoms with Crippen LogP contribution in [0.3, 0.4) is 0 Å². The van der Waals surface area contributed by atoms with Crippen LogP contribution in [-0.2, 0) is 24.3 Å². The highest BCUT2D eigenvalue weighted by molar-refractivity contribution is 7.89. The molecule has 7 nitrogen and oxygen atoms in total. The Kier molecular flexibility index (Phi) is 6.26. The Labute approximate surface area is 129 Å². The van der Waals surface area contributed by atoms with E-state index in [9.17, 15) is 18.0 Å². The second kappa shape index (κ2) is 7.71. The maximum Gasteiger partial charge on any atom is 0.331 e. The second-order valence-corrected chi connectivity index (χ2v) is 6.12. The molecule has 0 saturated carbocycles. The second-order valence-electron chi connectivity index (χ2n) is 4.26. The predicted octanol–water partition coefficient (Wildman–Crippen LogP) is 0.749. The summed E-state index contributed by atoms with van der Waals surface area (Å²) in [6, 6.07) is 4.42. The number of benzene rings is 1. The van der Waals surface area contributed by atoms with Crippen molar-refractivity contribution in [2.24, 2.45) is 0 Å². The number of hydrogen-bond acceptors (Lipinski definition) is 6. The molecule has 0 atom stereocenters. The standard InChI is InChI=1S/C14H17NO6S/c1-10(16)9-21-14(17)7-5-11-4-6-12(20-3)13(8-11)22(18,19)15-2/h4-8,15H,9H2,1-3H3/b7-5+. The van der Waals surface area contributed by atoms with Gasteiger partial charge >= 0.3 is 5.97 Å². The summed E-state index contributed by atoms with van der Waals surface area (Å²) in [6.45, 7) is 1.00. The van der Waals surface area contributed by atoms with Gasteiger partial charge in [-0.2, -0.15) is 0 Å². The molecule has 0 aliphatic rings. The Morgan fingerprint density at radius 2 is 2.00 bits per heavy atom. The zero-order valence-electron chi connectivity index (χ0n) is 12.5. The van der Waals surface area contributed by atoms with Gasteiger partial charge in [-0.05, 0) is 37.7 Å². The number of esters is 1. The number of rotatable bonds is 7. The molecule has 1 aromatic rings. The van der Waals surface area contributed by atoms with Crippen molar-refractivity contribution in [3.05, 3.63) is 29.8 Å². The third-order valence-electron chi connectivity index (χ3n) is 2.58. The van der Waals surface area contributed by atoms with Crippen LogP contribution in [0.15, 0.2) is 29.2 Å². The molecule has 0 radical (unpaired) electrons. The molecule has 0 saturated heterocycles. The summed E-state index contributed by atoms with van der Waals surface area (Å²) in [5.41, 5.74) is 0.467. The molecule has 0 amide bonds. The first-order valence-corrected chi connectivity index (χ1v) is 7.74. The molecule has 0 heterocycles. The van der Waals surface area contributed by atoms with E-state index in [-0.39, 0.29) is 23.0 Å². The molecule has 0 aliphatic carbocycles. The Morgan fingerprint density at radius 3 is 2.55 bits per heavy atom. The van der Waals surface area contributed by atoms with Gasteiger partial charge in [0, 0.05) is 6.08 Å². The lowest BCUT2D eigenvalue weighted by molar-refractivity contribution is -0.142. The minimum atomic E-state index is -3.69. The first-order valence-electron chi connectivity index (χ1n) is 6.26. The summed E-state index contributed by atoms with van der Waals surface area (Å²) >= 11 is 0. The molecule has 0 spiro atoms. The first-order chi connectivity index (χ1) is 10.3. The quantitative estimate of drug-likeness (QED) is 0.586. The molecule has 1 rings (SSSR count). The van der Waals surface area contributed by atoms with Crippen molar-refractivity contribution >= 4 is 27.9 Å². The van der Waals surface area contributed by atoms with Crippen LogP contribution in [0.4, 0.5) is 0 Å². The molecule has 8 heteroatoms. The summed E-state index contributed by atoms with van der Waals surface area (Å²) in [5.74, 6) is -0.775. The number of sulfonamides is 1. The first kappa shape index (κ1) is 17.9. The van der Waals surface area contributed by atoms with Gasteiger partial charge in [0.25, 0.3) is 0 Å². The summed E-state index contributed by atoms with van der Waals surface area (Å²) in [5, 5.41) is 0. The molecular weight excluding hydrogens is 310 g/mol.